The zero-order chi connectivity index (χ0) is 28.8. The molecular formula is C34H56S2Si2. The smallest absolute Gasteiger partial charge is 0.0487 e. The van der Waals surface area contributed by atoms with Gasteiger partial charge in [-0.25, -0.2) is 0 Å². The van der Waals surface area contributed by atoms with Crippen molar-refractivity contribution in [3.8, 4) is 0 Å². The van der Waals surface area contributed by atoms with Crippen molar-refractivity contribution in [1.29, 1.82) is 0 Å². The molecule has 0 saturated heterocycles. The van der Waals surface area contributed by atoms with Crippen LogP contribution < -0.4 is 0 Å². The van der Waals surface area contributed by atoms with Crippen molar-refractivity contribution in [2.75, 3.05) is 12.5 Å². The monoisotopic (exact) mass is 584 g/mol. The van der Waals surface area contributed by atoms with Crippen molar-refractivity contribution in [3.05, 3.63) is 68.8 Å². The number of hydrogen-bond acceptors (Lipinski definition) is 2. The maximum Gasteiger partial charge on any atom is 0.0487 e. The summed E-state index contributed by atoms with van der Waals surface area (Å²) in [5, 5.41) is 0.984. The van der Waals surface area contributed by atoms with Crippen molar-refractivity contribution in [3.63, 3.8) is 0 Å². The molecule has 0 fully saturated rings. The molecule has 38 heavy (non-hydrogen) atoms. The minimum atomic E-state index is -1.32. The Balaban J connectivity index is 2.43. The van der Waals surface area contributed by atoms with Gasteiger partial charge in [0.15, 0.2) is 0 Å². The van der Waals surface area contributed by atoms with Gasteiger partial charge in [-0.1, -0.05) is 105 Å². The zero-order valence-electron chi connectivity index (χ0n) is 27.1. The van der Waals surface area contributed by atoms with Gasteiger partial charge in [-0.3, -0.25) is 0 Å². The average Bonchev–Trinajstić information content (AvgIpc) is 2.73. The van der Waals surface area contributed by atoms with Gasteiger partial charge in [-0.15, -0.1) is 0 Å². The Morgan fingerprint density at radius 1 is 0.605 bits per heavy atom. The molecular weight excluding hydrogens is 529 g/mol. The molecule has 212 valence electrons. The second-order valence-electron chi connectivity index (χ2n) is 16.2. The van der Waals surface area contributed by atoms with E-state index in [-0.39, 0.29) is 10.8 Å². The van der Waals surface area contributed by atoms with E-state index in [1.54, 1.807) is 33.4 Å². The van der Waals surface area contributed by atoms with Crippen molar-refractivity contribution in [1.82, 2.24) is 0 Å². The third kappa shape index (κ3) is 7.86. The maximum absolute atomic E-state index is 2.63. The Hall–Kier alpha value is -0.426. The highest BCUT2D eigenvalue weighted by molar-refractivity contribution is 7.99. The third-order valence-corrected chi connectivity index (χ3v) is 12.8. The van der Waals surface area contributed by atoms with E-state index in [1.807, 2.05) is 0 Å². The molecule has 0 aliphatic heterocycles. The largest absolute Gasteiger partial charge is 0.157 e. The summed E-state index contributed by atoms with van der Waals surface area (Å²) in [4.78, 5) is 0. The first-order valence-corrected chi connectivity index (χ1v) is 24.6. The molecule has 2 aromatic carbocycles. The van der Waals surface area contributed by atoms with Gasteiger partial charge >= 0.3 is 0 Å². The molecule has 1 aliphatic carbocycles. The number of thioether (sulfide) groups is 2. The fraction of sp³-hybridized carbons (Fsp3) is 0.647. The van der Waals surface area contributed by atoms with Gasteiger partial charge in [0.25, 0.3) is 0 Å². The minimum absolute atomic E-state index is 0.147. The standard InChI is InChI=1S/C34H56S2Si2/c1-33(2,3)25-15-23-17-31(35-7)27-19-26(34(4,5)6)20-28(30(27)22-38(12,13)14)32(36-8)18-24(16-25)29(23)21-37(9,10)11/h15-16,19-20,31-32H,17-18,21-22H2,1-14H3. The highest BCUT2D eigenvalue weighted by atomic mass is 32.2. The highest BCUT2D eigenvalue weighted by Crippen LogP contribution is 2.46. The van der Waals surface area contributed by atoms with Crippen molar-refractivity contribution in [2.24, 2.45) is 0 Å². The van der Waals surface area contributed by atoms with Crippen LogP contribution in [0.5, 0.6) is 0 Å². The van der Waals surface area contributed by atoms with E-state index in [2.05, 4.69) is 141 Å². The Kier molecular flexibility index (Phi) is 9.67. The summed E-state index contributed by atoms with van der Waals surface area (Å²) in [6.45, 7) is 29.7. The Labute approximate surface area is 247 Å². The Bertz CT molecular complexity index is 1080. The first-order chi connectivity index (χ1) is 17.2. The SMILES string of the molecule is CSC1Cc2cc(C(C)(C)C)cc(c2C[Si](C)(C)C)CC(SC)c2cc(C(C)(C)C)cc1c2C[Si](C)(C)C. The molecule has 0 saturated carbocycles. The quantitative estimate of drug-likeness (QED) is 0.310. The predicted molar refractivity (Wildman–Crippen MR) is 184 cm³/mol. The van der Waals surface area contributed by atoms with Gasteiger partial charge < -0.3 is 0 Å². The van der Waals surface area contributed by atoms with Gasteiger partial charge in [0.1, 0.15) is 0 Å². The summed E-state index contributed by atoms with van der Waals surface area (Å²) in [6.07, 6.45) is 7.01. The van der Waals surface area contributed by atoms with Crippen LogP contribution in [-0.2, 0) is 35.8 Å². The van der Waals surface area contributed by atoms with E-state index >= 15 is 0 Å². The van der Waals surface area contributed by atoms with Crippen LogP contribution in [0.2, 0.25) is 39.3 Å². The summed E-state index contributed by atoms with van der Waals surface area (Å²) >= 11 is 4.17. The van der Waals surface area contributed by atoms with Gasteiger partial charge in [-0.05, 0) is 92.8 Å². The van der Waals surface area contributed by atoms with Crippen LogP contribution in [0.3, 0.4) is 0 Å². The minimum Gasteiger partial charge on any atom is -0.157 e. The predicted octanol–water partition coefficient (Wildman–Crippen LogP) is 10.7. The molecule has 1 aliphatic rings. The molecule has 0 radical (unpaired) electrons. The Morgan fingerprint density at radius 2 is 0.947 bits per heavy atom. The van der Waals surface area contributed by atoms with E-state index in [1.165, 1.54) is 23.2 Å². The summed E-state index contributed by atoms with van der Waals surface area (Å²) in [6, 6.07) is 13.1. The van der Waals surface area contributed by atoms with Crippen molar-refractivity contribution in [2.45, 2.75) is 127 Å². The van der Waals surface area contributed by atoms with Gasteiger partial charge in [0.05, 0.1) is 0 Å². The molecule has 0 spiro atoms. The van der Waals surface area contributed by atoms with E-state index in [9.17, 15) is 0 Å². The third-order valence-electron chi connectivity index (χ3n) is 7.97. The molecule has 2 unspecified atom stereocenters. The summed E-state index contributed by atoms with van der Waals surface area (Å²) < 4.78 is 0. The fourth-order valence-corrected chi connectivity index (χ4v) is 10.5. The number of fused-ring (bicyclic) bond motifs is 4. The fourth-order valence-electron chi connectivity index (χ4n) is 5.85. The lowest BCUT2D eigenvalue weighted by molar-refractivity contribution is 0.584. The summed E-state index contributed by atoms with van der Waals surface area (Å²) in [5.74, 6) is 0. The van der Waals surface area contributed by atoms with E-state index in [0.717, 1.165) is 12.8 Å². The van der Waals surface area contributed by atoms with Gasteiger partial charge in [0, 0.05) is 26.6 Å². The van der Waals surface area contributed by atoms with Crippen LogP contribution in [0, 0.1) is 0 Å². The summed E-state index contributed by atoms with van der Waals surface area (Å²) in [7, 11) is -2.61. The molecule has 4 heteroatoms. The van der Waals surface area contributed by atoms with Crippen LogP contribution in [0.1, 0.15) is 96.5 Å². The second-order valence-corrected chi connectivity index (χ2v) is 29.3. The van der Waals surface area contributed by atoms with Crippen molar-refractivity contribution >= 4 is 39.7 Å². The van der Waals surface area contributed by atoms with Gasteiger partial charge in [-0.2, -0.15) is 23.5 Å². The average molecular weight is 585 g/mol. The molecule has 0 N–H and O–H groups in total. The van der Waals surface area contributed by atoms with E-state index in [4.69, 9.17) is 0 Å². The Morgan fingerprint density at radius 3 is 1.26 bits per heavy atom. The number of rotatable bonds is 6. The molecule has 4 bridgehead atoms. The lowest BCUT2D eigenvalue weighted by atomic mass is 9.78. The first kappa shape index (κ1) is 32.1. The normalized spacial score (nSPS) is 19.0. The maximum atomic E-state index is 2.63. The molecule has 0 heterocycles. The molecule has 0 aromatic heterocycles. The van der Waals surface area contributed by atoms with E-state index in [0.29, 0.717) is 10.5 Å². The number of benzene rings is 2. The highest BCUT2D eigenvalue weighted by Gasteiger charge is 2.32. The molecule has 2 atom stereocenters. The summed E-state index contributed by atoms with van der Waals surface area (Å²) in [5.41, 5.74) is 13.3. The second kappa shape index (κ2) is 11.5. The molecule has 3 rings (SSSR count). The first-order valence-electron chi connectivity index (χ1n) is 14.6. The van der Waals surface area contributed by atoms with Crippen LogP contribution >= 0.6 is 23.5 Å². The number of hydrogen-bond donors (Lipinski definition) is 0. The molecule has 0 nitrogen and oxygen atoms in total. The topological polar surface area (TPSA) is 0 Å². The van der Waals surface area contributed by atoms with Crippen LogP contribution in [-0.4, -0.2) is 28.7 Å². The van der Waals surface area contributed by atoms with Crippen LogP contribution in [0.15, 0.2) is 24.3 Å². The zero-order valence-corrected chi connectivity index (χ0v) is 30.7. The van der Waals surface area contributed by atoms with Crippen molar-refractivity contribution < 1.29 is 0 Å². The molecule has 0 amide bonds. The van der Waals surface area contributed by atoms with E-state index < -0.39 is 16.1 Å². The van der Waals surface area contributed by atoms with Crippen LogP contribution in [0.25, 0.3) is 0 Å². The lowest BCUT2D eigenvalue weighted by Crippen LogP contribution is -2.29. The molecule has 2 aromatic rings. The lowest BCUT2D eigenvalue weighted by Gasteiger charge is -2.35. The van der Waals surface area contributed by atoms with Gasteiger partial charge in [0.2, 0.25) is 0 Å². The van der Waals surface area contributed by atoms with Crippen LogP contribution in [0.4, 0.5) is 0 Å².